The molecule has 1 N–H and O–H groups in total. The zero-order valence-electron chi connectivity index (χ0n) is 12.4. The van der Waals surface area contributed by atoms with E-state index < -0.39 is 0 Å². The van der Waals surface area contributed by atoms with Crippen molar-refractivity contribution in [3.05, 3.63) is 42.1 Å². The third kappa shape index (κ3) is 2.85. The van der Waals surface area contributed by atoms with Crippen LogP contribution in [0.1, 0.15) is 44.7 Å². The first-order valence-corrected chi connectivity index (χ1v) is 7.91. The monoisotopic (exact) mass is 268 g/mol. The van der Waals surface area contributed by atoms with Crippen LogP contribution in [0.15, 0.2) is 36.4 Å². The number of nitrogens with one attached hydrogen (secondary N) is 1. The van der Waals surface area contributed by atoms with Crippen molar-refractivity contribution in [3.63, 3.8) is 0 Å². The van der Waals surface area contributed by atoms with Crippen molar-refractivity contribution in [2.45, 2.75) is 51.0 Å². The molecule has 0 bridgehead atoms. The van der Waals surface area contributed by atoms with Gasteiger partial charge in [-0.2, -0.15) is 0 Å². The van der Waals surface area contributed by atoms with Crippen molar-refractivity contribution in [3.8, 4) is 0 Å². The second kappa shape index (κ2) is 5.92. The van der Waals surface area contributed by atoms with Crippen LogP contribution in [-0.4, -0.2) is 17.1 Å². The number of hydrogen-bond donors (Lipinski definition) is 1. The molecule has 1 aromatic carbocycles. The van der Waals surface area contributed by atoms with E-state index in [-0.39, 0.29) is 5.54 Å². The summed E-state index contributed by atoms with van der Waals surface area (Å²) in [6.07, 6.45) is 7.52. The van der Waals surface area contributed by atoms with Gasteiger partial charge in [0.2, 0.25) is 0 Å². The van der Waals surface area contributed by atoms with Crippen molar-refractivity contribution in [2.24, 2.45) is 0 Å². The van der Waals surface area contributed by atoms with Gasteiger partial charge in [0.25, 0.3) is 0 Å². The molecule has 2 nitrogen and oxygen atoms in total. The number of hydrogen-bond acceptors (Lipinski definition) is 2. The van der Waals surface area contributed by atoms with E-state index in [0.717, 1.165) is 18.5 Å². The first-order valence-electron chi connectivity index (χ1n) is 7.91. The molecule has 1 unspecified atom stereocenters. The Balaban J connectivity index is 1.86. The van der Waals surface area contributed by atoms with Crippen molar-refractivity contribution in [2.75, 3.05) is 6.54 Å². The Morgan fingerprint density at radius 3 is 2.90 bits per heavy atom. The van der Waals surface area contributed by atoms with E-state index in [1.807, 2.05) is 0 Å². The molecule has 3 rings (SSSR count). The van der Waals surface area contributed by atoms with Crippen LogP contribution in [0.4, 0.5) is 0 Å². The standard InChI is InChI=1S/C18H24N2/c1-2-18(12-6-3-7-13-19-18)14-16-11-10-15-8-4-5-9-17(15)20-16/h4-5,8-11,19H,2-3,6-7,12-14H2,1H3. The second-order valence-corrected chi connectivity index (χ2v) is 6.04. The molecule has 106 valence electrons. The number of pyridine rings is 1. The molecule has 1 aliphatic rings. The second-order valence-electron chi connectivity index (χ2n) is 6.04. The first kappa shape index (κ1) is 13.6. The average molecular weight is 268 g/mol. The number of aromatic nitrogens is 1. The molecule has 1 fully saturated rings. The minimum absolute atomic E-state index is 0.256. The molecule has 20 heavy (non-hydrogen) atoms. The average Bonchev–Trinajstić information content (AvgIpc) is 2.73. The lowest BCUT2D eigenvalue weighted by Gasteiger charge is -2.32. The summed E-state index contributed by atoms with van der Waals surface area (Å²) in [5.74, 6) is 0. The molecule has 2 heterocycles. The predicted octanol–water partition coefficient (Wildman–Crippen LogP) is 4.09. The van der Waals surface area contributed by atoms with E-state index in [9.17, 15) is 0 Å². The Labute approximate surface area is 121 Å². The minimum atomic E-state index is 0.256. The maximum absolute atomic E-state index is 4.85. The quantitative estimate of drug-likeness (QED) is 0.907. The van der Waals surface area contributed by atoms with E-state index in [1.54, 1.807) is 0 Å². The van der Waals surface area contributed by atoms with Crippen LogP contribution < -0.4 is 5.32 Å². The normalized spacial score (nSPS) is 23.6. The highest BCUT2D eigenvalue weighted by Gasteiger charge is 2.29. The molecular formula is C18H24N2. The first-order chi connectivity index (χ1) is 9.81. The summed E-state index contributed by atoms with van der Waals surface area (Å²) in [5, 5.41) is 5.03. The van der Waals surface area contributed by atoms with E-state index in [0.29, 0.717) is 0 Å². The molecule has 2 aromatic rings. The Morgan fingerprint density at radius 2 is 2.00 bits per heavy atom. The smallest absolute Gasteiger partial charge is 0.0705 e. The lowest BCUT2D eigenvalue weighted by atomic mass is 9.85. The van der Waals surface area contributed by atoms with Gasteiger partial charge in [-0.3, -0.25) is 4.98 Å². The maximum Gasteiger partial charge on any atom is 0.0705 e. The fraction of sp³-hybridized carbons (Fsp3) is 0.500. The Kier molecular flexibility index (Phi) is 4.02. The van der Waals surface area contributed by atoms with Crippen molar-refractivity contribution in [1.82, 2.24) is 10.3 Å². The van der Waals surface area contributed by atoms with Crippen molar-refractivity contribution >= 4 is 10.9 Å². The van der Waals surface area contributed by atoms with Gasteiger partial charge < -0.3 is 5.32 Å². The third-order valence-corrected chi connectivity index (χ3v) is 4.68. The van der Waals surface area contributed by atoms with Gasteiger partial charge in [0.15, 0.2) is 0 Å². The zero-order valence-corrected chi connectivity index (χ0v) is 12.4. The molecule has 0 amide bonds. The molecule has 0 spiro atoms. The number of para-hydroxylation sites is 1. The van der Waals surface area contributed by atoms with Crippen molar-refractivity contribution < 1.29 is 0 Å². The number of benzene rings is 1. The Bertz CT molecular complexity index is 568. The van der Waals surface area contributed by atoms with Crippen LogP contribution in [0.25, 0.3) is 10.9 Å². The van der Waals surface area contributed by atoms with Gasteiger partial charge in [0, 0.05) is 23.0 Å². The highest BCUT2D eigenvalue weighted by atomic mass is 15.0. The summed E-state index contributed by atoms with van der Waals surface area (Å²) >= 11 is 0. The molecular weight excluding hydrogens is 244 g/mol. The summed E-state index contributed by atoms with van der Waals surface area (Å²) < 4.78 is 0. The maximum atomic E-state index is 4.85. The number of fused-ring (bicyclic) bond motifs is 1. The lowest BCUT2D eigenvalue weighted by Crippen LogP contribution is -2.46. The topological polar surface area (TPSA) is 24.9 Å². The van der Waals surface area contributed by atoms with Crippen LogP contribution in [0.2, 0.25) is 0 Å². The highest BCUT2D eigenvalue weighted by molar-refractivity contribution is 5.78. The fourth-order valence-electron chi connectivity index (χ4n) is 3.34. The fourth-order valence-corrected chi connectivity index (χ4v) is 3.34. The predicted molar refractivity (Wildman–Crippen MR) is 84.9 cm³/mol. The summed E-state index contributed by atoms with van der Waals surface area (Å²) in [5.41, 5.74) is 2.59. The Morgan fingerprint density at radius 1 is 1.10 bits per heavy atom. The molecule has 1 aliphatic heterocycles. The van der Waals surface area contributed by atoms with Crippen LogP contribution in [0.3, 0.4) is 0 Å². The van der Waals surface area contributed by atoms with Crippen LogP contribution >= 0.6 is 0 Å². The van der Waals surface area contributed by atoms with E-state index >= 15 is 0 Å². The number of rotatable bonds is 3. The Hall–Kier alpha value is -1.41. The van der Waals surface area contributed by atoms with E-state index in [2.05, 4.69) is 48.6 Å². The molecule has 2 heteroatoms. The van der Waals surface area contributed by atoms with Gasteiger partial charge in [-0.1, -0.05) is 44.0 Å². The van der Waals surface area contributed by atoms with Gasteiger partial charge in [-0.05, 0) is 37.9 Å². The van der Waals surface area contributed by atoms with Crippen LogP contribution in [0.5, 0.6) is 0 Å². The van der Waals surface area contributed by atoms with Gasteiger partial charge in [0.1, 0.15) is 0 Å². The minimum Gasteiger partial charge on any atom is -0.311 e. The summed E-state index contributed by atoms with van der Waals surface area (Å²) in [6, 6.07) is 12.8. The van der Waals surface area contributed by atoms with Crippen LogP contribution in [-0.2, 0) is 6.42 Å². The largest absolute Gasteiger partial charge is 0.311 e. The highest BCUT2D eigenvalue weighted by Crippen LogP contribution is 2.26. The van der Waals surface area contributed by atoms with Gasteiger partial charge >= 0.3 is 0 Å². The zero-order chi connectivity index (χ0) is 13.8. The third-order valence-electron chi connectivity index (χ3n) is 4.68. The summed E-state index contributed by atoms with van der Waals surface area (Å²) in [4.78, 5) is 4.85. The number of nitrogens with zero attached hydrogens (tertiary/aromatic N) is 1. The van der Waals surface area contributed by atoms with Crippen molar-refractivity contribution in [1.29, 1.82) is 0 Å². The molecule has 0 radical (unpaired) electrons. The van der Waals surface area contributed by atoms with Gasteiger partial charge in [-0.15, -0.1) is 0 Å². The molecule has 1 aromatic heterocycles. The lowest BCUT2D eigenvalue weighted by molar-refractivity contribution is 0.300. The summed E-state index contributed by atoms with van der Waals surface area (Å²) in [7, 11) is 0. The van der Waals surface area contributed by atoms with E-state index in [1.165, 1.54) is 43.2 Å². The summed E-state index contributed by atoms with van der Waals surface area (Å²) in [6.45, 7) is 3.46. The molecule has 0 saturated carbocycles. The van der Waals surface area contributed by atoms with Crippen LogP contribution in [0, 0.1) is 0 Å². The SMILES string of the molecule is CCC1(Cc2ccc3ccccc3n2)CCCCCN1. The van der Waals surface area contributed by atoms with Gasteiger partial charge in [-0.25, -0.2) is 0 Å². The molecule has 1 saturated heterocycles. The van der Waals surface area contributed by atoms with Gasteiger partial charge in [0.05, 0.1) is 5.52 Å². The molecule has 0 aliphatic carbocycles. The van der Waals surface area contributed by atoms with E-state index in [4.69, 9.17) is 4.98 Å². The molecule has 1 atom stereocenters.